The first-order valence-electron chi connectivity index (χ1n) is 13.7. The Bertz CT molecular complexity index is 1050. The van der Waals surface area contributed by atoms with Gasteiger partial charge in [0.05, 0.1) is 18.7 Å². The lowest BCUT2D eigenvalue weighted by Crippen LogP contribution is -2.34. The number of carbonyl (C=O) groups is 2. The molecule has 0 aromatic heterocycles. The van der Waals surface area contributed by atoms with E-state index in [0.717, 1.165) is 63.7 Å². The van der Waals surface area contributed by atoms with Crippen molar-refractivity contribution in [1.82, 2.24) is 9.80 Å². The average molecular weight is 507 g/mol. The van der Waals surface area contributed by atoms with Gasteiger partial charge in [-0.3, -0.25) is 9.59 Å². The van der Waals surface area contributed by atoms with Gasteiger partial charge in [0.1, 0.15) is 11.5 Å². The van der Waals surface area contributed by atoms with Gasteiger partial charge in [0.25, 0.3) is 11.7 Å². The molecule has 2 aromatic rings. The van der Waals surface area contributed by atoms with Crippen LogP contribution < -0.4 is 4.74 Å². The molecular weight excluding hydrogens is 464 g/mol. The molecule has 1 aliphatic heterocycles. The summed E-state index contributed by atoms with van der Waals surface area (Å²) in [5.74, 6) is -0.681. The molecule has 1 fully saturated rings. The Balaban J connectivity index is 1.92. The number of hydrogen-bond donors (Lipinski definition) is 1. The Hall–Kier alpha value is -3.12. The molecule has 1 aliphatic rings. The molecule has 0 bridgehead atoms. The molecule has 0 radical (unpaired) electrons. The Morgan fingerprint density at radius 1 is 0.892 bits per heavy atom. The number of benzene rings is 2. The molecule has 200 valence electrons. The molecule has 1 amide bonds. The van der Waals surface area contributed by atoms with Crippen LogP contribution in [-0.4, -0.2) is 59.9 Å². The fourth-order valence-corrected chi connectivity index (χ4v) is 4.86. The second-order valence-electron chi connectivity index (χ2n) is 9.72. The van der Waals surface area contributed by atoms with E-state index in [-0.39, 0.29) is 11.3 Å². The van der Waals surface area contributed by atoms with Crippen LogP contribution in [-0.2, 0) is 16.0 Å². The fraction of sp³-hybridized carbons (Fsp3) is 0.484. The van der Waals surface area contributed by atoms with Crippen molar-refractivity contribution < 1.29 is 19.4 Å². The minimum absolute atomic E-state index is 0.147. The molecule has 1 saturated heterocycles. The van der Waals surface area contributed by atoms with Crippen LogP contribution >= 0.6 is 0 Å². The number of nitrogens with zero attached hydrogens (tertiary/aromatic N) is 2. The van der Waals surface area contributed by atoms with Crippen LogP contribution in [0.15, 0.2) is 54.1 Å². The number of methoxy groups -OCH3 is 1. The molecule has 1 atom stereocenters. The summed E-state index contributed by atoms with van der Waals surface area (Å²) in [4.78, 5) is 30.7. The van der Waals surface area contributed by atoms with E-state index in [2.05, 4.69) is 25.7 Å². The van der Waals surface area contributed by atoms with Gasteiger partial charge in [-0.1, -0.05) is 57.9 Å². The van der Waals surface area contributed by atoms with Crippen LogP contribution in [0.2, 0.25) is 0 Å². The van der Waals surface area contributed by atoms with Crippen molar-refractivity contribution >= 4 is 17.4 Å². The van der Waals surface area contributed by atoms with E-state index < -0.39 is 17.7 Å². The van der Waals surface area contributed by atoms with Crippen molar-refractivity contribution in [3.63, 3.8) is 0 Å². The average Bonchev–Trinajstić information content (AvgIpc) is 3.18. The maximum absolute atomic E-state index is 13.3. The van der Waals surface area contributed by atoms with Crippen LogP contribution in [0.5, 0.6) is 5.75 Å². The first-order chi connectivity index (χ1) is 17.9. The lowest BCUT2D eigenvalue weighted by molar-refractivity contribution is -0.140. The summed E-state index contributed by atoms with van der Waals surface area (Å²) >= 11 is 0. The number of ketones is 1. The second kappa shape index (κ2) is 14.0. The van der Waals surface area contributed by atoms with Crippen molar-refractivity contribution in [3.05, 3.63) is 70.8 Å². The van der Waals surface area contributed by atoms with Gasteiger partial charge in [-0.2, -0.15) is 0 Å². The van der Waals surface area contributed by atoms with E-state index in [9.17, 15) is 14.7 Å². The molecule has 1 heterocycles. The van der Waals surface area contributed by atoms with E-state index in [1.165, 1.54) is 5.56 Å². The lowest BCUT2D eigenvalue weighted by atomic mass is 9.94. The third-order valence-corrected chi connectivity index (χ3v) is 7.14. The quantitative estimate of drug-likeness (QED) is 0.194. The van der Waals surface area contributed by atoms with Gasteiger partial charge < -0.3 is 19.6 Å². The highest BCUT2D eigenvalue weighted by Gasteiger charge is 2.45. The molecule has 1 N–H and O–H groups in total. The van der Waals surface area contributed by atoms with E-state index in [1.807, 2.05) is 24.3 Å². The van der Waals surface area contributed by atoms with Gasteiger partial charge in [-0.05, 0) is 80.7 Å². The number of aryl methyl sites for hydroxylation is 1. The van der Waals surface area contributed by atoms with Crippen molar-refractivity contribution in [2.24, 2.45) is 0 Å². The molecule has 2 aromatic carbocycles. The molecular formula is C31H42N2O4. The smallest absolute Gasteiger partial charge is 0.295 e. The van der Waals surface area contributed by atoms with Crippen LogP contribution in [0, 0.1) is 0 Å². The number of aliphatic hydroxyl groups excluding tert-OH is 1. The van der Waals surface area contributed by atoms with E-state index in [0.29, 0.717) is 17.9 Å². The Kier molecular flexibility index (Phi) is 10.8. The summed E-state index contributed by atoms with van der Waals surface area (Å²) in [5, 5.41) is 11.3. The number of Topliss-reactive ketones (excluding diaryl/α,β-unsaturated/α-hetero) is 1. The number of rotatable bonds is 14. The second-order valence-corrected chi connectivity index (χ2v) is 9.72. The zero-order valence-corrected chi connectivity index (χ0v) is 22.8. The van der Waals surface area contributed by atoms with E-state index >= 15 is 0 Å². The predicted molar refractivity (Wildman–Crippen MR) is 149 cm³/mol. The minimum Gasteiger partial charge on any atom is -0.507 e. The molecule has 0 saturated carbocycles. The predicted octanol–water partition coefficient (Wildman–Crippen LogP) is 5.97. The first kappa shape index (κ1) is 28.5. The molecule has 6 nitrogen and oxygen atoms in total. The molecule has 0 spiro atoms. The summed E-state index contributed by atoms with van der Waals surface area (Å²) in [6.07, 6.45) is 6.27. The molecule has 3 rings (SSSR count). The number of hydrogen-bond acceptors (Lipinski definition) is 5. The summed E-state index contributed by atoms with van der Waals surface area (Å²) in [5.41, 5.74) is 2.64. The fourth-order valence-electron chi connectivity index (χ4n) is 4.86. The third-order valence-electron chi connectivity index (χ3n) is 7.14. The first-order valence-corrected chi connectivity index (χ1v) is 13.7. The highest BCUT2D eigenvalue weighted by atomic mass is 16.5. The summed E-state index contributed by atoms with van der Waals surface area (Å²) in [7, 11) is 1.58. The van der Waals surface area contributed by atoms with Gasteiger partial charge >= 0.3 is 0 Å². The van der Waals surface area contributed by atoms with Crippen LogP contribution in [0.25, 0.3) is 5.76 Å². The zero-order valence-electron chi connectivity index (χ0n) is 22.8. The minimum atomic E-state index is -0.633. The summed E-state index contributed by atoms with van der Waals surface area (Å²) < 4.78 is 5.22. The SMILES string of the molecule is CCCCN(CCCC)CCCN1C(=O)C(=O)C(=C(O)c2ccc(OC)cc2)[C@@H]1c1ccc(CC)cc1. The Labute approximate surface area is 221 Å². The van der Waals surface area contributed by atoms with Gasteiger partial charge in [-0.15, -0.1) is 0 Å². The number of unbranched alkanes of at least 4 members (excludes halogenated alkanes) is 2. The Morgan fingerprint density at radius 2 is 1.49 bits per heavy atom. The maximum atomic E-state index is 13.3. The standard InChI is InChI=1S/C31H42N2O4/c1-5-8-19-32(20-9-6-2)21-10-22-33-28(24-13-11-23(7-3)12-14-24)27(30(35)31(33)36)29(34)25-15-17-26(37-4)18-16-25/h11-18,28,34H,5-10,19-22H2,1-4H3/t28-/m0/s1. The number of likely N-dealkylation sites (tertiary alicyclic amines) is 1. The summed E-state index contributed by atoms with van der Waals surface area (Å²) in [6, 6.07) is 14.3. The molecule has 37 heavy (non-hydrogen) atoms. The number of ether oxygens (including phenoxy) is 1. The van der Waals surface area contributed by atoms with Crippen molar-refractivity contribution in [2.45, 2.75) is 65.3 Å². The monoisotopic (exact) mass is 506 g/mol. The van der Waals surface area contributed by atoms with E-state index in [1.54, 1.807) is 36.3 Å². The third kappa shape index (κ3) is 7.01. The van der Waals surface area contributed by atoms with Crippen molar-refractivity contribution in [1.29, 1.82) is 0 Å². The largest absolute Gasteiger partial charge is 0.507 e. The number of amides is 1. The highest BCUT2D eigenvalue weighted by Crippen LogP contribution is 2.39. The Morgan fingerprint density at radius 3 is 2.03 bits per heavy atom. The number of aliphatic hydroxyl groups is 1. The normalized spacial score (nSPS) is 17.1. The van der Waals surface area contributed by atoms with Gasteiger partial charge in [-0.25, -0.2) is 0 Å². The van der Waals surface area contributed by atoms with E-state index in [4.69, 9.17) is 4.74 Å². The van der Waals surface area contributed by atoms with Crippen LogP contribution in [0.1, 0.15) is 75.6 Å². The lowest BCUT2D eigenvalue weighted by Gasteiger charge is -2.27. The van der Waals surface area contributed by atoms with Crippen LogP contribution in [0.4, 0.5) is 0 Å². The van der Waals surface area contributed by atoms with Crippen molar-refractivity contribution in [3.8, 4) is 5.75 Å². The topological polar surface area (TPSA) is 70.1 Å². The zero-order chi connectivity index (χ0) is 26.8. The van der Waals surface area contributed by atoms with Crippen LogP contribution in [0.3, 0.4) is 0 Å². The van der Waals surface area contributed by atoms with Crippen molar-refractivity contribution in [2.75, 3.05) is 33.3 Å². The van der Waals surface area contributed by atoms with Gasteiger partial charge in [0, 0.05) is 12.1 Å². The van der Waals surface area contributed by atoms with Gasteiger partial charge in [0.15, 0.2) is 0 Å². The highest BCUT2D eigenvalue weighted by molar-refractivity contribution is 6.46. The molecule has 6 heteroatoms. The molecule has 0 unspecified atom stereocenters. The van der Waals surface area contributed by atoms with Gasteiger partial charge in [0.2, 0.25) is 0 Å². The number of carbonyl (C=O) groups excluding carboxylic acids is 2. The molecule has 0 aliphatic carbocycles. The summed E-state index contributed by atoms with van der Waals surface area (Å²) in [6.45, 7) is 9.92. The maximum Gasteiger partial charge on any atom is 0.295 e.